The highest BCUT2D eigenvalue weighted by Gasteiger charge is 2.35. The Kier molecular flexibility index (Phi) is 6.42. The topological polar surface area (TPSA) is 96.9 Å². The number of nitrogens with zero attached hydrogens (tertiary/aromatic N) is 3. The van der Waals surface area contributed by atoms with Crippen molar-refractivity contribution in [2.75, 3.05) is 10.0 Å². The molecular formula is C21H19F4N5O2S2. The molecule has 1 unspecified atom stereocenters. The van der Waals surface area contributed by atoms with Gasteiger partial charge in [0.25, 0.3) is 0 Å². The van der Waals surface area contributed by atoms with Crippen molar-refractivity contribution in [3.8, 4) is 11.3 Å². The van der Waals surface area contributed by atoms with Crippen LogP contribution in [0, 0.1) is 5.82 Å². The van der Waals surface area contributed by atoms with Crippen LogP contribution in [-0.4, -0.2) is 30.3 Å². The second-order valence-corrected chi connectivity index (χ2v) is 10.5. The van der Waals surface area contributed by atoms with Gasteiger partial charge in [-0.1, -0.05) is 6.07 Å². The minimum Gasteiger partial charge on any atom is -0.323 e. The summed E-state index contributed by atoms with van der Waals surface area (Å²) in [7, 11) is -1.22. The normalized spacial score (nSPS) is 15.1. The first kappa shape index (κ1) is 24.2. The summed E-state index contributed by atoms with van der Waals surface area (Å²) in [6.45, 7) is 3.23. The zero-order chi connectivity index (χ0) is 24.7. The van der Waals surface area contributed by atoms with Crippen molar-refractivity contribution in [1.29, 1.82) is 0 Å². The first-order valence-corrected chi connectivity index (χ1v) is 12.2. The fourth-order valence-electron chi connectivity index (χ4n) is 2.87. The minimum atomic E-state index is -4.68. The van der Waals surface area contributed by atoms with Gasteiger partial charge >= 0.3 is 6.18 Å². The lowest BCUT2D eigenvalue weighted by Gasteiger charge is -2.22. The second-order valence-electron chi connectivity index (χ2n) is 8.20. The van der Waals surface area contributed by atoms with E-state index < -0.39 is 40.0 Å². The fourth-order valence-corrected chi connectivity index (χ4v) is 4.98. The quantitative estimate of drug-likeness (QED) is 0.438. The lowest BCUT2D eigenvalue weighted by molar-refractivity contribution is -0.141. The van der Waals surface area contributed by atoms with E-state index >= 15 is 0 Å². The van der Waals surface area contributed by atoms with E-state index in [9.17, 15) is 26.6 Å². The Morgan fingerprint density at radius 3 is 2.53 bits per heavy atom. The molecule has 1 aliphatic carbocycles. The number of thiazole rings is 1. The molecule has 0 radical (unpaired) electrons. The zero-order valence-corrected chi connectivity index (χ0v) is 19.6. The van der Waals surface area contributed by atoms with Crippen LogP contribution < -0.4 is 10.0 Å². The molecule has 0 spiro atoms. The van der Waals surface area contributed by atoms with Gasteiger partial charge in [0.1, 0.15) is 16.8 Å². The number of rotatable bonds is 7. The molecule has 1 saturated carbocycles. The van der Waals surface area contributed by atoms with Gasteiger partial charge in [0.15, 0.2) is 10.8 Å². The molecule has 1 fully saturated rings. The molecule has 4 rings (SSSR count). The SMILES string of the molecule is CC(C)(C(=O)Nc1ccc(-c2cncc(C(F)(F)F)n2)cc1F)c1csc(NS(=O)C2CC2)n1. The van der Waals surface area contributed by atoms with Crippen LogP contribution in [0.2, 0.25) is 0 Å². The molecule has 0 bridgehead atoms. The molecule has 2 aromatic heterocycles. The average molecular weight is 514 g/mol. The van der Waals surface area contributed by atoms with Crippen molar-refractivity contribution in [2.24, 2.45) is 0 Å². The van der Waals surface area contributed by atoms with Crippen LogP contribution in [0.5, 0.6) is 0 Å². The molecule has 34 heavy (non-hydrogen) atoms. The predicted octanol–water partition coefficient (Wildman–Crippen LogP) is 4.91. The number of hydrogen-bond acceptors (Lipinski definition) is 6. The average Bonchev–Trinajstić information content (AvgIpc) is 3.53. The zero-order valence-electron chi connectivity index (χ0n) is 17.9. The molecule has 1 amide bonds. The summed E-state index contributed by atoms with van der Waals surface area (Å²) >= 11 is 1.22. The first-order chi connectivity index (χ1) is 15.9. The Labute approximate surface area is 198 Å². The summed E-state index contributed by atoms with van der Waals surface area (Å²) in [4.78, 5) is 24.3. The molecule has 180 valence electrons. The number of carbonyl (C=O) groups excluding carboxylic acids is 1. The Morgan fingerprint density at radius 1 is 1.15 bits per heavy atom. The minimum absolute atomic E-state index is 0.0761. The summed E-state index contributed by atoms with van der Waals surface area (Å²) in [5.74, 6) is -1.39. The van der Waals surface area contributed by atoms with Crippen LogP contribution in [0.15, 0.2) is 36.0 Å². The number of amides is 1. The summed E-state index contributed by atoms with van der Waals surface area (Å²) in [5.41, 5.74) is -2.14. The maximum absolute atomic E-state index is 14.7. The molecule has 0 saturated heterocycles. The smallest absolute Gasteiger partial charge is 0.323 e. The molecule has 2 heterocycles. The van der Waals surface area contributed by atoms with Crippen LogP contribution in [-0.2, 0) is 27.4 Å². The van der Waals surface area contributed by atoms with Crippen molar-refractivity contribution < 1.29 is 26.6 Å². The van der Waals surface area contributed by atoms with Gasteiger partial charge in [-0.15, -0.1) is 11.3 Å². The molecule has 13 heteroatoms. The Morgan fingerprint density at radius 2 is 1.88 bits per heavy atom. The summed E-state index contributed by atoms with van der Waals surface area (Å²) in [6, 6.07) is 3.56. The summed E-state index contributed by atoms with van der Waals surface area (Å²) < 4.78 is 68.2. The number of alkyl halides is 3. The van der Waals surface area contributed by atoms with Gasteiger partial charge in [-0.3, -0.25) is 14.5 Å². The van der Waals surface area contributed by atoms with E-state index in [1.807, 2.05) is 0 Å². The van der Waals surface area contributed by atoms with Gasteiger partial charge in [-0.05, 0) is 38.8 Å². The van der Waals surface area contributed by atoms with Crippen LogP contribution in [0.1, 0.15) is 38.1 Å². The second kappa shape index (κ2) is 9.02. The maximum Gasteiger partial charge on any atom is 0.434 e. The highest BCUT2D eigenvalue weighted by molar-refractivity contribution is 7.87. The number of nitrogens with one attached hydrogen (secondary N) is 2. The van der Waals surface area contributed by atoms with Crippen molar-refractivity contribution in [2.45, 2.75) is 43.5 Å². The van der Waals surface area contributed by atoms with E-state index in [0.717, 1.165) is 25.1 Å². The van der Waals surface area contributed by atoms with Crippen LogP contribution in [0.3, 0.4) is 0 Å². The third-order valence-electron chi connectivity index (χ3n) is 5.17. The van der Waals surface area contributed by atoms with Crippen LogP contribution in [0.4, 0.5) is 28.4 Å². The van der Waals surface area contributed by atoms with E-state index in [1.54, 1.807) is 19.2 Å². The Bertz CT molecular complexity index is 1260. The van der Waals surface area contributed by atoms with Gasteiger partial charge in [-0.2, -0.15) is 13.2 Å². The molecule has 0 aliphatic heterocycles. The molecule has 1 atom stereocenters. The van der Waals surface area contributed by atoms with E-state index in [2.05, 4.69) is 25.0 Å². The Balaban J connectivity index is 1.48. The highest BCUT2D eigenvalue weighted by atomic mass is 32.2. The molecule has 1 aromatic carbocycles. The fraction of sp³-hybridized carbons (Fsp3) is 0.333. The van der Waals surface area contributed by atoms with Gasteiger partial charge in [0.2, 0.25) is 5.91 Å². The predicted molar refractivity (Wildman–Crippen MR) is 121 cm³/mol. The van der Waals surface area contributed by atoms with E-state index in [1.165, 1.54) is 23.5 Å². The number of aromatic nitrogens is 3. The van der Waals surface area contributed by atoms with Gasteiger partial charge in [-0.25, -0.2) is 18.6 Å². The van der Waals surface area contributed by atoms with Gasteiger partial charge < -0.3 is 5.32 Å². The van der Waals surface area contributed by atoms with Crippen LogP contribution >= 0.6 is 11.3 Å². The molecule has 1 aliphatic rings. The molecule has 3 aromatic rings. The van der Waals surface area contributed by atoms with Crippen molar-refractivity contribution in [3.63, 3.8) is 0 Å². The number of carbonyl (C=O) groups is 1. The van der Waals surface area contributed by atoms with Gasteiger partial charge in [0, 0.05) is 10.9 Å². The number of hydrogen-bond donors (Lipinski definition) is 2. The maximum atomic E-state index is 14.7. The summed E-state index contributed by atoms with van der Waals surface area (Å²) in [6.07, 6.45) is -1.21. The molecule has 2 N–H and O–H groups in total. The third-order valence-corrected chi connectivity index (χ3v) is 7.52. The summed E-state index contributed by atoms with van der Waals surface area (Å²) in [5, 5.41) is 4.71. The Hall–Kier alpha value is -2.93. The van der Waals surface area contributed by atoms with Gasteiger partial charge in [0.05, 0.1) is 40.1 Å². The highest BCUT2D eigenvalue weighted by Crippen LogP contribution is 2.33. The first-order valence-electron chi connectivity index (χ1n) is 10.1. The van der Waals surface area contributed by atoms with E-state index in [-0.39, 0.29) is 22.2 Å². The van der Waals surface area contributed by atoms with Crippen molar-refractivity contribution in [3.05, 3.63) is 53.2 Å². The molecular weight excluding hydrogens is 494 g/mol. The number of benzene rings is 1. The lowest BCUT2D eigenvalue weighted by Crippen LogP contribution is -2.35. The van der Waals surface area contributed by atoms with E-state index in [4.69, 9.17) is 0 Å². The number of anilines is 2. The van der Waals surface area contributed by atoms with Crippen molar-refractivity contribution in [1.82, 2.24) is 15.0 Å². The standard InChI is InChI=1S/C21H19F4N5O2S2/c1-20(2,17-10-33-19(29-17)30-34(32)12-4-5-12)18(31)28-14-6-3-11(7-13(14)22)15-8-26-9-16(27-15)21(23,24)25/h3,6-10,12H,4-5H2,1-2H3,(H,28,31)(H,29,30). The van der Waals surface area contributed by atoms with Crippen LogP contribution in [0.25, 0.3) is 11.3 Å². The largest absolute Gasteiger partial charge is 0.434 e. The third kappa shape index (κ3) is 5.25. The monoisotopic (exact) mass is 513 g/mol. The lowest BCUT2D eigenvalue weighted by atomic mass is 9.89. The van der Waals surface area contributed by atoms with E-state index in [0.29, 0.717) is 17.0 Å². The molecule has 7 nitrogen and oxygen atoms in total. The van der Waals surface area contributed by atoms with Crippen molar-refractivity contribution >= 4 is 39.0 Å². The number of halogens is 4.